The number of nitrogens with one attached hydrogen (secondary N) is 1. The molecule has 3 N–H and O–H groups in total. The van der Waals surface area contributed by atoms with E-state index < -0.39 is 5.54 Å². The van der Waals surface area contributed by atoms with E-state index in [-0.39, 0.29) is 5.89 Å². The summed E-state index contributed by atoms with van der Waals surface area (Å²) in [5.41, 5.74) is 5.65. The second-order valence-electron chi connectivity index (χ2n) is 3.63. The van der Waals surface area contributed by atoms with Gasteiger partial charge in [-0.05, 0) is 6.92 Å². The molecule has 8 heteroatoms. The third-order valence-corrected chi connectivity index (χ3v) is 2.02. The number of nitrogens with zero attached hydrogens (tertiary/aromatic N) is 4. The van der Waals surface area contributed by atoms with Crippen LogP contribution in [0, 0.1) is 0 Å². The zero-order valence-electron chi connectivity index (χ0n) is 8.97. The molecule has 2 aromatic rings. The van der Waals surface area contributed by atoms with Gasteiger partial charge < -0.3 is 15.0 Å². The van der Waals surface area contributed by atoms with Crippen LogP contribution in [0.3, 0.4) is 0 Å². The predicted octanol–water partition coefficient (Wildman–Crippen LogP) is -0.325. The quantitative estimate of drug-likeness (QED) is 0.730. The fourth-order valence-electron chi connectivity index (χ4n) is 1.23. The Labute approximate surface area is 91.2 Å². The molecule has 8 nitrogen and oxygen atoms in total. The number of methoxy groups -OCH3 is 1. The molecule has 86 valence electrons. The molecule has 0 bridgehead atoms. The number of nitrogens with two attached hydrogens (primary N) is 1. The van der Waals surface area contributed by atoms with Crippen molar-refractivity contribution < 1.29 is 9.26 Å². The second-order valence-corrected chi connectivity index (χ2v) is 3.63. The Morgan fingerprint density at radius 3 is 3.06 bits per heavy atom. The molecule has 2 rings (SSSR count). The van der Waals surface area contributed by atoms with Crippen LogP contribution in [0.25, 0.3) is 11.6 Å². The van der Waals surface area contributed by atoms with E-state index in [1.807, 2.05) is 0 Å². The molecule has 0 radical (unpaired) electrons. The first-order valence-corrected chi connectivity index (χ1v) is 4.61. The molecule has 1 unspecified atom stereocenters. The largest absolute Gasteiger partial charge is 0.382 e. The molecule has 2 aromatic heterocycles. The van der Waals surface area contributed by atoms with Gasteiger partial charge in [-0.2, -0.15) is 20.4 Å². The maximum Gasteiger partial charge on any atom is 0.280 e. The Morgan fingerprint density at radius 2 is 2.44 bits per heavy atom. The van der Waals surface area contributed by atoms with E-state index >= 15 is 0 Å². The van der Waals surface area contributed by atoms with E-state index in [1.54, 1.807) is 14.0 Å². The monoisotopic (exact) mass is 224 g/mol. The summed E-state index contributed by atoms with van der Waals surface area (Å²) in [6.45, 7) is 2.05. The average molecular weight is 224 g/mol. The van der Waals surface area contributed by atoms with Gasteiger partial charge in [-0.1, -0.05) is 5.16 Å². The second kappa shape index (κ2) is 3.99. The summed E-state index contributed by atoms with van der Waals surface area (Å²) in [5.74, 6) is 0.642. The maximum absolute atomic E-state index is 5.96. The van der Waals surface area contributed by atoms with Crippen LogP contribution in [0.2, 0.25) is 0 Å². The maximum atomic E-state index is 5.96. The summed E-state index contributed by atoms with van der Waals surface area (Å²) in [5, 5.41) is 13.7. The highest BCUT2D eigenvalue weighted by Crippen LogP contribution is 2.18. The summed E-state index contributed by atoms with van der Waals surface area (Å²) in [4.78, 5) is 4.14. The lowest BCUT2D eigenvalue weighted by Crippen LogP contribution is -2.38. The van der Waals surface area contributed by atoms with Crippen LogP contribution in [-0.2, 0) is 10.3 Å². The topological polar surface area (TPSA) is 116 Å². The van der Waals surface area contributed by atoms with Crippen LogP contribution in [0.15, 0.2) is 10.7 Å². The molecule has 0 amide bonds. The molecule has 0 aliphatic heterocycles. The standard InChI is InChI=1S/C8H12N6O2/c1-8(9,4-15-2)7-11-6(16-13-7)5-3-10-14-12-5/h3H,4,9H2,1-2H3,(H,10,12,14). The van der Waals surface area contributed by atoms with E-state index in [0.717, 1.165) is 0 Å². The molecule has 0 spiro atoms. The Hall–Kier alpha value is -1.80. The van der Waals surface area contributed by atoms with Gasteiger partial charge in [0.2, 0.25) is 0 Å². The minimum atomic E-state index is -0.791. The summed E-state index contributed by atoms with van der Waals surface area (Å²) in [7, 11) is 1.56. The van der Waals surface area contributed by atoms with Crippen LogP contribution in [0.1, 0.15) is 12.7 Å². The third-order valence-electron chi connectivity index (χ3n) is 2.02. The number of rotatable bonds is 4. The first-order valence-electron chi connectivity index (χ1n) is 4.61. The van der Waals surface area contributed by atoms with E-state index in [2.05, 4.69) is 25.6 Å². The van der Waals surface area contributed by atoms with Gasteiger partial charge in [0.05, 0.1) is 12.8 Å². The van der Waals surface area contributed by atoms with E-state index in [1.165, 1.54) is 6.20 Å². The third kappa shape index (κ3) is 1.92. The minimum absolute atomic E-state index is 0.275. The Kier molecular flexibility index (Phi) is 2.67. The fraction of sp³-hybridized carbons (Fsp3) is 0.500. The molecule has 0 aromatic carbocycles. The molecule has 0 aliphatic rings. The van der Waals surface area contributed by atoms with Gasteiger partial charge in [0.25, 0.3) is 5.89 Å². The molecule has 0 saturated heterocycles. The zero-order valence-corrected chi connectivity index (χ0v) is 8.97. The first-order chi connectivity index (χ1) is 7.63. The summed E-state index contributed by atoms with van der Waals surface area (Å²) >= 11 is 0. The highest BCUT2D eigenvalue weighted by atomic mass is 16.5. The molecular weight excluding hydrogens is 212 g/mol. The van der Waals surface area contributed by atoms with E-state index in [0.29, 0.717) is 18.1 Å². The number of H-pyrrole nitrogens is 1. The smallest absolute Gasteiger partial charge is 0.280 e. The van der Waals surface area contributed by atoms with Crippen LogP contribution < -0.4 is 5.73 Å². The van der Waals surface area contributed by atoms with Gasteiger partial charge in [0, 0.05) is 7.11 Å². The van der Waals surface area contributed by atoms with Crippen molar-refractivity contribution in [2.24, 2.45) is 5.73 Å². The van der Waals surface area contributed by atoms with Gasteiger partial charge in [0.1, 0.15) is 5.54 Å². The summed E-state index contributed by atoms with van der Waals surface area (Å²) in [6, 6.07) is 0. The van der Waals surface area contributed by atoms with Gasteiger partial charge in [0.15, 0.2) is 11.5 Å². The van der Waals surface area contributed by atoms with Gasteiger partial charge in [-0.25, -0.2) is 0 Å². The van der Waals surface area contributed by atoms with Crippen LogP contribution in [0.5, 0.6) is 0 Å². The number of hydrogen-bond donors (Lipinski definition) is 2. The molecule has 0 aliphatic carbocycles. The van der Waals surface area contributed by atoms with Crippen LogP contribution >= 0.6 is 0 Å². The Morgan fingerprint density at radius 1 is 1.62 bits per heavy atom. The summed E-state index contributed by atoms with van der Waals surface area (Å²) in [6.07, 6.45) is 1.49. The Balaban J connectivity index is 2.26. The van der Waals surface area contributed by atoms with Gasteiger partial charge in [-0.3, -0.25) is 0 Å². The number of aromatic amines is 1. The van der Waals surface area contributed by atoms with Gasteiger partial charge in [-0.15, -0.1) is 0 Å². The van der Waals surface area contributed by atoms with Crippen LogP contribution in [-0.4, -0.2) is 39.3 Å². The number of hydrogen-bond acceptors (Lipinski definition) is 7. The lowest BCUT2D eigenvalue weighted by molar-refractivity contribution is 0.135. The highest BCUT2D eigenvalue weighted by Gasteiger charge is 2.28. The SMILES string of the molecule is COCC(C)(N)c1noc(-c2cn[nH]n2)n1. The molecule has 16 heavy (non-hydrogen) atoms. The first kappa shape index (κ1) is 10.7. The predicted molar refractivity (Wildman–Crippen MR) is 53.1 cm³/mol. The van der Waals surface area contributed by atoms with Crippen molar-refractivity contribution in [2.45, 2.75) is 12.5 Å². The van der Waals surface area contributed by atoms with E-state index in [9.17, 15) is 0 Å². The van der Waals surface area contributed by atoms with Crippen molar-refractivity contribution in [3.05, 3.63) is 12.0 Å². The van der Waals surface area contributed by atoms with Crippen molar-refractivity contribution in [1.82, 2.24) is 25.6 Å². The average Bonchev–Trinajstić information content (AvgIpc) is 2.89. The summed E-state index contributed by atoms with van der Waals surface area (Å²) < 4.78 is 10.0. The number of aromatic nitrogens is 5. The molecule has 0 fully saturated rings. The van der Waals surface area contributed by atoms with Gasteiger partial charge >= 0.3 is 0 Å². The Bertz CT molecular complexity index is 449. The highest BCUT2D eigenvalue weighted by molar-refractivity contribution is 5.43. The lowest BCUT2D eigenvalue weighted by atomic mass is 10.1. The fourth-order valence-corrected chi connectivity index (χ4v) is 1.23. The minimum Gasteiger partial charge on any atom is -0.382 e. The zero-order chi connectivity index (χ0) is 11.6. The van der Waals surface area contributed by atoms with Crippen LogP contribution in [0.4, 0.5) is 0 Å². The van der Waals surface area contributed by atoms with Crippen molar-refractivity contribution in [3.63, 3.8) is 0 Å². The van der Waals surface area contributed by atoms with Crippen molar-refractivity contribution in [3.8, 4) is 11.6 Å². The number of ether oxygens (including phenoxy) is 1. The lowest BCUT2D eigenvalue weighted by Gasteiger charge is -2.18. The normalized spacial score (nSPS) is 14.9. The van der Waals surface area contributed by atoms with E-state index in [4.69, 9.17) is 15.0 Å². The van der Waals surface area contributed by atoms with Crippen molar-refractivity contribution in [1.29, 1.82) is 0 Å². The van der Waals surface area contributed by atoms with Crippen molar-refractivity contribution >= 4 is 0 Å². The van der Waals surface area contributed by atoms with Crippen molar-refractivity contribution in [2.75, 3.05) is 13.7 Å². The molecule has 0 saturated carbocycles. The molecular formula is C8H12N6O2. The molecule has 1 atom stereocenters. The molecule has 2 heterocycles.